The predicted molar refractivity (Wildman–Crippen MR) is 61.1 cm³/mol. The Balaban J connectivity index is 2.24. The van der Waals surface area contributed by atoms with Crippen LogP contribution in [0.4, 0.5) is 0 Å². The summed E-state index contributed by atoms with van der Waals surface area (Å²) < 4.78 is 5.23. The van der Waals surface area contributed by atoms with Crippen molar-refractivity contribution in [1.29, 1.82) is 0 Å². The second-order valence-corrected chi connectivity index (χ2v) is 4.89. The molecule has 2 atom stereocenters. The number of hydrogen-bond acceptors (Lipinski definition) is 2. The maximum Gasteiger partial charge on any atom is 0.246 e. The Morgan fingerprint density at radius 3 is 2.73 bits per heavy atom. The van der Waals surface area contributed by atoms with Crippen LogP contribution in [-0.2, 0) is 9.53 Å². The standard InChI is InChI=1S/C11H20ClNO2/c1-8(2)15-7-11(14)13-10-6-4-3-5-9(10)12/h8-10H,3-7H2,1-2H3,(H,13,14). The number of carbonyl (C=O) groups is 1. The van der Waals surface area contributed by atoms with Gasteiger partial charge in [0, 0.05) is 6.04 Å². The molecule has 1 amide bonds. The highest BCUT2D eigenvalue weighted by Gasteiger charge is 2.24. The van der Waals surface area contributed by atoms with Crippen LogP contribution in [0.25, 0.3) is 0 Å². The SMILES string of the molecule is CC(C)OCC(=O)NC1CCCCC1Cl. The lowest BCUT2D eigenvalue weighted by molar-refractivity contribution is -0.128. The first-order chi connectivity index (χ1) is 7.09. The minimum atomic E-state index is -0.0544. The molecule has 3 nitrogen and oxygen atoms in total. The molecule has 1 N–H and O–H groups in total. The van der Waals surface area contributed by atoms with E-state index < -0.39 is 0 Å². The minimum absolute atomic E-state index is 0.0544. The fourth-order valence-corrected chi connectivity index (χ4v) is 2.08. The second-order valence-electron chi connectivity index (χ2n) is 4.33. The number of ether oxygens (including phenoxy) is 1. The van der Waals surface area contributed by atoms with Crippen LogP contribution in [0, 0.1) is 0 Å². The van der Waals surface area contributed by atoms with E-state index in [0.717, 1.165) is 19.3 Å². The maximum atomic E-state index is 11.5. The lowest BCUT2D eigenvalue weighted by atomic mass is 9.95. The number of alkyl halides is 1. The van der Waals surface area contributed by atoms with E-state index in [1.54, 1.807) is 0 Å². The summed E-state index contributed by atoms with van der Waals surface area (Å²) in [6, 6.07) is 0.128. The van der Waals surface area contributed by atoms with Gasteiger partial charge in [0.25, 0.3) is 0 Å². The molecule has 0 aliphatic heterocycles. The topological polar surface area (TPSA) is 38.3 Å². The van der Waals surface area contributed by atoms with E-state index in [1.165, 1.54) is 6.42 Å². The highest BCUT2D eigenvalue weighted by Crippen LogP contribution is 2.22. The second kappa shape index (κ2) is 6.33. The van der Waals surface area contributed by atoms with Gasteiger partial charge in [-0.2, -0.15) is 0 Å². The van der Waals surface area contributed by atoms with Gasteiger partial charge in [-0.05, 0) is 26.7 Å². The van der Waals surface area contributed by atoms with Gasteiger partial charge in [0.15, 0.2) is 0 Å². The van der Waals surface area contributed by atoms with Gasteiger partial charge in [0.05, 0.1) is 11.5 Å². The molecule has 1 fully saturated rings. The zero-order chi connectivity index (χ0) is 11.3. The van der Waals surface area contributed by atoms with Crippen LogP contribution in [0.15, 0.2) is 0 Å². The smallest absolute Gasteiger partial charge is 0.246 e. The van der Waals surface area contributed by atoms with E-state index in [9.17, 15) is 4.79 Å². The first-order valence-electron chi connectivity index (χ1n) is 5.64. The fourth-order valence-electron chi connectivity index (χ4n) is 1.74. The summed E-state index contributed by atoms with van der Waals surface area (Å²) in [5.74, 6) is -0.0544. The largest absolute Gasteiger partial charge is 0.369 e. The number of nitrogens with one attached hydrogen (secondary N) is 1. The monoisotopic (exact) mass is 233 g/mol. The van der Waals surface area contributed by atoms with E-state index in [1.807, 2.05) is 13.8 Å². The van der Waals surface area contributed by atoms with Crippen molar-refractivity contribution in [2.45, 2.75) is 57.1 Å². The summed E-state index contributed by atoms with van der Waals surface area (Å²) in [6.45, 7) is 3.97. The van der Waals surface area contributed by atoms with Crippen molar-refractivity contribution in [3.05, 3.63) is 0 Å². The van der Waals surface area contributed by atoms with Gasteiger partial charge in [0.1, 0.15) is 6.61 Å². The number of amides is 1. The molecular formula is C11H20ClNO2. The lowest BCUT2D eigenvalue weighted by Gasteiger charge is -2.27. The van der Waals surface area contributed by atoms with Crippen molar-refractivity contribution in [1.82, 2.24) is 5.32 Å². The van der Waals surface area contributed by atoms with Crippen molar-refractivity contribution < 1.29 is 9.53 Å². The normalized spacial score (nSPS) is 26.7. The van der Waals surface area contributed by atoms with Crippen molar-refractivity contribution >= 4 is 17.5 Å². The molecule has 0 aromatic carbocycles. The lowest BCUT2D eigenvalue weighted by Crippen LogP contribution is -2.44. The van der Waals surface area contributed by atoms with Crippen LogP contribution in [-0.4, -0.2) is 30.0 Å². The highest BCUT2D eigenvalue weighted by molar-refractivity contribution is 6.21. The van der Waals surface area contributed by atoms with Crippen molar-refractivity contribution in [2.75, 3.05) is 6.61 Å². The van der Waals surface area contributed by atoms with Crippen LogP contribution in [0.3, 0.4) is 0 Å². The molecule has 2 unspecified atom stereocenters. The fraction of sp³-hybridized carbons (Fsp3) is 0.909. The summed E-state index contributed by atoms with van der Waals surface area (Å²) in [6.07, 6.45) is 4.40. The third-order valence-electron chi connectivity index (χ3n) is 2.58. The van der Waals surface area contributed by atoms with Crippen LogP contribution >= 0.6 is 11.6 Å². The van der Waals surface area contributed by atoms with Gasteiger partial charge in [-0.15, -0.1) is 11.6 Å². The van der Waals surface area contributed by atoms with Gasteiger partial charge in [-0.3, -0.25) is 4.79 Å². The molecule has 1 aliphatic rings. The zero-order valence-electron chi connectivity index (χ0n) is 9.46. The van der Waals surface area contributed by atoms with E-state index >= 15 is 0 Å². The van der Waals surface area contributed by atoms with Gasteiger partial charge in [-0.1, -0.05) is 12.8 Å². The summed E-state index contributed by atoms with van der Waals surface area (Å²) in [5.41, 5.74) is 0. The molecule has 4 heteroatoms. The third-order valence-corrected chi connectivity index (χ3v) is 3.10. The van der Waals surface area contributed by atoms with Crippen LogP contribution < -0.4 is 5.32 Å². The molecule has 88 valence electrons. The third kappa shape index (κ3) is 4.85. The summed E-state index contributed by atoms with van der Waals surface area (Å²) in [4.78, 5) is 11.5. The average Bonchev–Trinajstić information content (AvgIpc) is 2.18. The number of halogens is 1. The molecule has 0 spiro atoms. The Bertz CT molecular complexity index is 209. The molecule has 0 radical (unpaired) electrons. The van der Waals surface area contributed by atoms with Gasteiger partial charge in [0.2, 0.25) is 5.91 Å². The van der Waals surface area contributed by atoms with Crippen molar-refractivity contribution in [3.8, 4) is 0 Å². The van der Waals surface area contributed by atoms with Gasteiger partial charge in [-0.25, -0.2) is 0 Å². The highest BCUT2D eigenvalue weighted by atomic mass is 35.5. The molecule has 0 heterocycles. The molecule has 0 aromatic heterocycles. The molecule has 1 rings (SSSR count). The first-order valence-corrected chi connectivity index (χ1v) is 6.08. The molecule has 0 aromatic rings. The van der Waals surface area contributed by atoms with Crippen LogP contribution in [0.1, 0.15) is 39.5 Å². The Morgan fingerprint density at radius 1 is 1.47 bits per heavy atom. The van der Waals surface area contributed by atoms with E-state index in [-0.39, 0.29) is 30.0 Å². The van der Waals surface area contributed by atoms with Crippen molar-refractivity contribution in [2.24, 2.45) is 0 Å². The summed E-state index contributed by atoms with van der Waals surface area (Å²) >= 11 is 6.13. The van der Waals surface area contributed by atoms with Gasteiger partial charge < -0.3 is 10.1 Å². The zero-order valence-corrected chi connectivity index (χ0v) is 10.2. The quantitative estimate of drug-likeness (QED) is 0.755. The number of rotatable bonds is 4. The summed E-state index contributed by atoms with van der Waals surface area (Å²) in [5, 5.41) is 3.01. The molecule has 1 aliphatic carbocycles. The number of hydrogen-bond donors (Lipinski definition) is 1. The van der Waals surface area contributed by atoms with Crippen LogP contribution in [0.5, 0.6) is 0 Å². The Morgan fingerprint density at radius 2 is 2.13 bits per heavy atom. The Labute approximate surface area is 96.5 Å². The van der Waals surface area contributed by atoms with Crippen molar-refractivity contribution in [3.63, 3.8) is 0 Å². The Kier molecular flexibility index (Phi) is 5.40. The average molecular weight is 234 g/mol. The van der Waals surface area contributed by atoms with Gasteiger partial charge >= 0.3 is 0 Å². The Hall–Kier alpha value is -0.280. The van der Waals surface area contributed by atoms with E-state index in [4.69, 9.17) is 16.3 Å². The molecule has 0 saturated heterocycles. The number of carbonyl (C=O) groups excluding carboxylic acids is 1. The molecule has 1 saturated carbocycles. The summed E-state index contributed by atoms with van der Waals surface area (Å²) in [7, 11) is 0. The molecule has 15 heavy (non-hydrogen) atoms. The molecular weight excluding hydrogens is 214 g/mol. The predicted octanol–water partition coefficient (Wildman–Crippen LogP) is 2.08. The minimum Gasteiger partial charge on any atom is -0.369 e. The molecule has 0 bridgehead atoms. The van der Waals surface area contributed by atoms with E-state index in [0.29, 0.717) is 0 Å². The van der Waals surface area contributed by atoms with Crippen LogP contribution in [0.2, 0.25) is 0 Å². The first kappa shape index (κ1) is 12.8. The maximum absolute atomic E-state index is 11.5. The van der Waals surface area contributed by atoms with E-state index in [2.05, 4.69) is 5.32 Å².